The first-order valence-electron chi connectivity index (χ1n) is 13.3. The van der Waals surface area contributed by atoms with Crippen LogP contribution in [0.15, 0.2) is 11.6 Å². The molecule has 1 N–H and O–H groups in total. The van der Waals surface area contributed by atoms with E-state index in [2.05, 4.69) is 24.8 Å². The molecule has 3 saturated carbocycles. The van der Waals surface area contributed by atoms with Gasteiger partial charge in [-0.25, -0.2) is 0 Å². The summed E-state index contributed by atoms with van der Waals surface area (Å²) in [6.07, 6.45) is 17.9. The molecule has 0 aromatic heterocycles. The van der Waals surface area contributed by atoms with Gasteiger partial charge in [0, 0.05) is 36.4 Å². The fourth-order valence-corrected chi connectivity index (χ4v) is 7.92. The number of nitrogens with zero attached hydrogens (tertiary/aromatic N) is 1. The zero-order chi connectivity index (χ0) is 21.6. The van der Waals surface area contributed by atoms with Crippen LogP contribution in [0.1, 0.15) is 97.3 Å². The molecule has 0 amide bonds. The highest BCUT2D eigenvalue weighted by Crippen LogP contribution is 2.56. The second-order valence-corrected chi connectivity index (χ2v) is 11.6. The maximum atomic E-state index is 13.2. The van der Waals surface area contributed by atoms with Crippen molar-refractivity contribution >= 4 is 5.97 Å². The lowest BCUT2D eigenvalue weighted by molar-refractivity contribution is -0.145. The van der Waals surface area contributed by atoms with Gasteiger partial charge in [-0.1, -0.05) is 64.0 Å². The molecule has 6 atom stereocenters. The average Bonchev–Trinajstić information content (AvgIpc) is 3.10. The van der Waals surface area contributed by atoms with E-state index in [1.807, 2.05) is 0 Å². The van der Waals surface area contributed by atoms with E-state index in [0.717, 1.165) is 25.8 Å². The van der Waals surface area contributed by atoms with Crippen LogP contribution >= 0.6 is 0 Å². The number of aliphatic hydroxyl groups excluding tert-OH is 1. The Bertz CT molecular complexity index is 675. The Morgan fingerprint density at radius 3 is 2.26 bits per heavy atom. The molecule has 0 unspecified atom stereocenters. The lowest BCUT2D eigenvalue weighted by atomic mass is 9.55. The molecule has 174 valence electrons. The van der Waals surface area contributed by atoms with E-state index in [-0.39, 0.29) is 29.3 Å². The number of hydrogen-bond donors (Lipinski definition) is 1. The van der Waals surface area contributed by atoms with E-state index in [1.165, 1.54) is 69.8 Å². The van der Waals surface area contributed by atoms with Crippen molar-refractivity contribution in [1.29, 1.82) is 0 Å². The van der Waals surface area contributed by atoms with Gasteiger partial charge in [-0.2, -0.15) is 0 Å². The van der Waals surface area contributed by atoms with Crippen LogP contribution < -0.4 is 0 Å². The predicted molar refractivity (Wildman–Crippen MR) is 123 cm³/mol. The molecule has 4 nitrogen and oxygen atoms in total. The SMILES string of the molecule is C[C@@H]1CCC=C2C[C@H]3OC(=O)[C@@H](CN(C4CCCCC4)C4CCCCC4)[C@H]3[C@@H](O)[C@@]21C. The molecule has 1 saturated heterocycles. The van der Waals surface area contributed by atoms with Gasteiger partial charge in [0.05, 0.1) is 12.0 Å². The fourth-order valence-electron chi connectivity index (χ4n) is 7.92. The average molecular weight is 430 g/mol. The normalized spacial score (nSPS) is 42.1. The Morgan fingerprint density at radius 1 is 1.03 bits per heavy atom. The zero-order valence-corrected chi connectivity index (χ0v) is 19.7. The number of fused-ring (bicyclic) bond motifs is 2. The van der Waals surface area contributed by atoms with Crippen LogP contribution in [0.25, 0.3) is 0 Å². The van der Waals surface area contributed by atoms with Gasteiger partial charge >= 0.3 is 5.97 Å². The van der Waals surface area contributed by atoms with E-state index in [4.69, 9.17) is 4.74 Å². The molecule has 0 bridgehead atoms. The highest BCUT2D eigenvalue weighted by Gasteiger charge is 2.60. The zero-order valence-electron chi connectivity index (χ0n) is 19.7. The molecule has 0 aromatic carbocycles. The number of carbonyl (C=O) groups is 1. The molecule has 1 aliphatic heterocycles. The van der Waals surface area contributed by atoms with Crippen molar-refractivity contribution in [2.75, 3.05) is 6.54 Å². The second-order valence-electron chi connectivity index (χ2n) is 11.6. The largest absolute Gasteiger partial charge is 0.461 e. The first kappa shape index (κ1) is 21.9. The minimum absolute atomic E-state index is 0.0406. The molecule has 4 heteroatoms. The van der Waals surface area contributed by atoms with Crippen molar-refractivity contribution in [3.63, 3.8) is 0 Å². The third-order valence-electron chi connectivity index (χ3n) is 10.1. The molecule has 0 aromatic rings. The van der Waals surface area contributed by atoms with E-state index in [0.29, 0.717) is 18.0 Å². The lowest BCUT2D eigenvalue weighted by Gasteiger charge is -2.52. The van der Waals surface area contributed by atoms with Crippen LogP contribution in [0, 0.1) is 23.2 Å². The van der Waals surface area contributed by atoms with Crippen LogP contribution in [0.5, 0.6) is 0 Å². The van der Waals surface area contributed by atoms with Gasteiger partial charge in [0.2, 0.25) is 0 Å². The van der Waals surface area contributed by atoms with Gasteiger partial charge in [0.15, 0.2) is 0 Å². The molecule has 31 heavy (non-hydrogen) atoms. The second kappa shape index (κ2) is 8.82. The van der Waals surface area contributed by atoms with E-state index < -0.39 is 6.10 Å². The maximum absolute atomic E-state index is 13.2. The summed E-state index contributed by atoms with van der Waals surface area (Å²) in [5.74, 6) is 0.190. The van der Waals surface area contributed by atoms with E-state index in [9.17, 15) is 9.90 Å². The lowest BCUT2D eigenvalue weighted by Crippen LogP contribution is -2.56. The minimum Gasteiger partial charge on any atom is -0.461 e. The Hall–Kier alpha value is -0.870. The Labute approximate surface area is 188 Å². The van der Waals surface area contributed by atoms with Gasteiger partial charge in [0.1, 0.15) is 6.10 Å². The number of hydrogen-bond acceptors (Lipinski definition) is 4. The number of allylic oxidation sites excluding steroid dienone is 1. The molecular formula is C27H43NO3. The number of carbonyl (C=O) groups excluding carboxylic acids is 1. The monoisotopic (exact) mass is 429 g/mol. The topological polar surface area (TPSA) is 49.8 Å². The summed E-state index contributed by atoms with van der Waals surface area (Å²) in [5.41, 5.74) is 1.14. The van der Waals surface area contributed by atoms with Gasteiger partial charge in [-0.3, -0.25) is 9.69 Å². The summed E-state index contributed by atoms with van der Waals surface area (Å²) in [7, 11) is 0. The third kappa shape index (κ3) is 3.80. The molecular weight excluding hydrogens is 386 g/mol. The van der Waals surface area contributed by atoms with Gasteiger partial charge in [0.25, 0.3) is 0 Å². The molecule has 5 aliphatic rings. The highest BCUT2D eigenvalue weighted by atomic mass is 16.6. The van der Waals surface area contributed by atoms with E-state index in [1.54, 1.807) is 0 Å². The van der Waals surface area contributed by atoms with Crippen molar-refractivity contribution < 1.29 is 14.6 Å². The first-order chi connectivity index (χ1) is 15.0. The van der Waals surface area contributed by atoms with Gasteiger partial charge in [-0.05, 0) is 44.4 Å². The Kier molecular flexibility index (Phi) is 6.24. The number of aliphatic hydroxyl groups is 1. The fraction of sp³-hybridized carbons (Fsp3) is 0.889. The molecule has 1 heterocycles. The van der Waals surface area contributed by atoms with Crippen molar-refractivity contribution in [1.82, 2.24) is 4.90 Å². The summed E-state index contributed by atoms with van der Waals surface area (Å²) in [6, 6.07) is 1.23. The van der Waals surface area contributed by atoms with Gasteiger partial charge in [-0.15, -0.1) is 0 Å². The summed E-state index contributed by atoms with van der Waals surface area (Å²) in [6.45, 7) is 5.35. The summed E-state index contributed by atoms with van der Waals surface area (Å²) in [5, 5.41) is 11.7. The quantitative estimate of drug-likeness (QED) is 0.490. The predicted octanol–water partition coefficient (Wildman–Crippen LogP) is 5.24. The first-order valence-corrected chi connectivity index (χ1v) is 13.3. The third-order valence-corrected chi connectivity index (χ3v) is 10.1. The van der Waals surface area contributed by atoms with Crippen molar-refractivity contribution in [3.8, 4) is 0 Å². The number of esters is 1. The Morgan fingerprint density at radius 2 is 1.65 bits per heavy atom. The summed E-state index contributed by atoms with van der Waals surface area (Å²) >= 11 is 0. The summed E-state index contributed by atoms with van der Waals surface area (Å²) in [4.78, 5) is 15.9. The van der Waals surface area contributed by atoms with Crippen LogP contribution in [0.3, 0.4) is 0 Å². The number of rotatable bonds is 4. The van der Waals surface area contributed by atoms with Crippen molar-refractivity contribution in [3.05, 3.63) is 11.6 Å². The summed E-state index contributed by atoms with van der Waals surface area (Å²) < 4.78 is 5.99. The molecule has 5 rings (SSSR count). The van der Waals surface area contributed by atoms with Crippen LogP contribution in [-0.4, -0.2) is 46.8 Å². The smallest absolute Gasteiger partial charge is 0.311 e. The highest BCUT2D eigenvalue weighted by molar-refractivity contribution is 5.76. The van der Waals surface area contributed by atoms with Crippen LogP contribution in [-0.2, 0) is 9.53 Å². The van der Waals surface area contributed by atoms with E-state index >= 15 is 0 Å². The maximum Gasteiger partial charge on any atom is 0.311 e. The van der Waals surface area contributed by atoms with Crippen molar-refractivity contribution in [2.24, 2.45) is 23.2 Å². The minimum atomic E-state index is -0.483. The van der Waals surface area contributed by atoms with Crippen LogP contribution in [0.4, 0.5) is 0 Å². The van der Waals surface area contributed by atoms with Crippen LogP contribution in [0.2, 0.25) is 0 Å². The molecule has 4 aliphatic carbocycles. The van der Waals surface area contributed by atoms with Crippen molar-refractivity contribution in [2.45, 2.75) is 122 Å². The molecule has 0 radical (unpaired) electrons. The molecule has 4 fully saturated rings. The number of ether oxygens (including phenoxy) is 1. The van der Waals surface area contributed by atoms with Gasteiger partial charge < -0.3 is 9.84 Å². The molecule has 0 spiro atoms. The standard InChI is InChI=1S/C27H43NO3/c1-18-10-9-11-19-16-23-24(25(29)27(18,19)2)22(26(30)31-23)17-28(20-12-5-3-6-13-20)21-14-7-4-8-15-21/h11,18,20-25,29H,3-10,12-17H2,1-2H3/t18-,22+,23-,24-,25-,27-/m1/s1. The Balaban J connectivity index is 1.41.